The van der Waals surface area contributed by atoms with Crippen LogP contribution in [-0.2, 0) is 14.2 Å². The predicted octanol–water partition coefficient (Wildman–Crippen LogP) is 4.03. The van der Waals surface area contributed by atoms with Crippen molar-refractivity contribution in [2.24, 2.45) is 0 Å². The van der Waals surface area contributed by atoms with Gasteiger partial charge in [0.15, 0.2) is 0 Å². The number of ether oxygens (including phenoxy) is 3. The molecule has 0 aromatic heterocycles. The van der Waals surface area contributed by atoms with E-state index in [-0.39, 0.29) is 0 Å². The van der Waals surface area contributed by atoms with Gasteiger partial charge in [-0.15, -0.1) is 0 Å². The number of nitrogens with zero attached hydrogens (tertiary/aromatic N) is 1. The van der Waals surface area contributed by atoms with Gasteiger partial charge in [0.25, 0.3) is 0 Å². The molecular weight excluding hydrogens is 314 g/mol. The number of thiocarbonyl (C=S) groups is 1. The van der Waals surface area contributed by atoms with E-state index < -0.39 is 29.8 Å². The van der Waals surface area contributed by atoms with Crippen molar-refractivity contribution in [2.75, 3.05) is 0 Å². The molecule has 1 aromatic rings. The molecule has 0 N–H and O–H groups in total. The lowest BCUT2D eigenvalue weighted by Gasteiger charge is -2.34. The lowest BCUT2D eigenvalue weighted by atomic mass is 10.0. The SMILES string of the molecule is CC(C)(C)OC(=O)N1[C@@H](c2ccccc2)[C@@H](OC=S)OC1(C)C. The molecule has 0 saturated carbocycles. The Kier molecular flexibility index (Phi) is 4.96. The summed E-state index contributed by atoms with van der Waals surface area (Å²) in [5.41, 5.74) is 0.573. The molecule has 2 atom stereocenters. The first kappa shape index (κ1) is 17.7. The van der Waals surface area contributed by atoms with Crippen molar-refractivity contribution in [1.82, 2.24) is 4.90 Å². The van der Waals surface area contributed by atoms with Gasteiger partial charge in [0.05, 0.1) is 0 Å². The van der Waals surface area contributed by atoms with E-state index in [4.69, 9.17) is 26.4 Å². The Bertz CT molecular complexity index is 568. The third kappa shape index (κ3) is 4.00. The summed E-state index contributed by atoms with van der Waals surface area (Å²) in [7, 11) is 0. The third-order valence-electron chi connectivity index (χ3n) is 3.44. The Morgan fingerprint density at radius 1 is 1.30 bits per heavy atom. The van der Waals surface area contributed by atoms with Crippen molar-refractivity contribution in [3.63, 3.8) is 0 Å². The monoisotopic (exact) mass is 337 g/mol. The number of carbonyl (C=O) groups excluding carboxylic acids is 1. The summed E-state index contributed by atoms with van der Waals surface area (Å²) in [5.74, 6) is 0. The summed E-state index contributed by atoms with van der Waals surface area (Å²) >= 11 is 4.80. The van der Waals surface area contributed by atoms with Crippen LogP contribution in [0.2, 0.25) is 0 Å². The Labute approximate surface area is 142 Å². The van der Waals surface area contributed by atoms with E-state index in [0.29, 0.717) is 0 Å². The number of amides is 1. The smallest absolute Gasteiger partial charge is 0.413 e. The van der Waals surface area contributed by atoms with Crippen LogP contribution in [0.1, 0.15) is 46.2 Å². The number of benzene rings is 1. The minimum Gasteiger partial charge on any atom is -0.458 e. The molecule has 1 aliphatic heterocycles. The van der Waals surface area contributed by atoms with Crippen molar-refractivity contribution < 1.29 is 19.0 Å². The largest absolute Gasteiger partial charge is 0.458 e. The Hall–Kier alpha value is -1.66. The van der Waals surface area contributed by atoms with Gasteiger partial charge in [-0.3, -0.25) is 4.90 Å². The van der Waals surface area contributed by atoms with Crippen LogP contribution < -0.4 is 0 Å². The van der Waals surface area contributed by atoms with Crippen molar-refractivity contribution >= 4 is 23.9 Å². The molecule has 1 heterocycles. The summed E-state index contributed by atoms with van der Waals surface area (Å²) in [6.07, 6.45) is -1.13. The van der Waals surface area contributed by atoms with Crippen LogP contribution in [0.15, 0.2) is 30.3 Å². The highest BCUT2D eigenvalue weighted by Gasteiger charge is 2.53. The number of hydrogen-bond acceptors (Lipinski definition) is 5. The highest BCUT2D eigenvalue weighted by Crippen LogP contribution is 2.42. The first-order valence-corrected chi connectivity index (χ1v) is 7.97. The zero-order valence-corrected chi connectivity index (χ0v) is 14.9. The fourth-order valence-corrected chi connectivity index (χ4v) is 2.73. The molecule has 5 nitrogen and oxygen atoms in total. The molecule has 23 heavy (non-hydrogen) atoms. The van der Waals surface area contributed by atoms with Gasteiger partial charge in [0, 0.05) is 0 Å². The van der Waals surface area contributed by atoms with Gasteiger partial charge >= 0.3 is 6.09 Å². The van der Waals surface area contributed by atoms with Gasteiger partial charge in [0.2, 0.25) is 6.29 Å². The van der Waals surface area contributed by atoms with E-state index in [0.717, 1.165) is 11.1 Å². The van der Waals surface area contributed by atoms with Crippen LogP contribution in [0.5, 0.6) is 0 Å². The van der Waals surface area contributed by atoms with Crippen molar-refractivity contribution in [1.29, 1.82) is 0 Å². The number of hydrogen-bond donors (Lipinski definition) is 0. The normalized spacial score (nSPS) is 23.4. The summed E-state index contributed by atoms with van der Waals surface area (Å²) in [4.78, 5) is 14.3. The third-order valence-corrected chi connectivity index (χ3v) is 3.55. The van der Waals surface area contributed by atoms with E-state index in [1.807, 2.05) is 51.1 Å². The van der Waals surface area contributed by atoms with E-state index in [1.165, 1.54) is 0 Å². The first-order chi connectivity index (χ1) is 10.7. The maximum Gasteiger partial charge on any atom is 0.413 e. The molecule has 0 radical (unpaired) electrons. The van der Waals surface area contributed by atoms with Gasteiger partial charge in [-0.2, -0.15) is 0 Å². The molecule has 0 bridgehead atoms. The van der Waals surface area contributed by atoms with E-state index >= 15 is 0 Å². The fourth-order valence-electron chi connectivity index (χ4n) is 2.62. The summed E-state index contributed by atoms with van der Waals surface area (Å²) in [6.45, 7) is 9.10. The van der Waals surface area contributed by atoms with Gasteiger partial charge in [-0.05, 0) is 52.4 Å². The van der Waals surface area contributed by atoms with Crippen molar-refractivity contribution in [3.05, 3.63) is 35.9 Å². The van der Waals surface area contributed by atoms with E-state index in [9.17, 15) is 4.79 Å². The molecule has 2 rings (SSSR count). The Morgan fingerprint density at radius 3 is 2.43 bits per heavy atom. The average molecular weight is 337 g/mol. The van der Waals surface area contributed by atoms with Gasteiger partial charge in [0.1, 0.15) is 22.9 Å². The van der Waals surface area contributed by atoms with Gasteiger partial charge < -0.3 is 14.2 Å². The molecule has 0 aliphatic carbocycles. The Balaban J connectivity index is 2.41. The molecule has 1 amide bonds. The maximum atomic E-state index is 12.7. The zero-order valence-electron chi connectivity index (χ0n) is 14.1. The highest BCUT2D eigenvalue weighted by molar-refractivity contribution is 7.78. The molecule has 6 heteroatoms. The van der Waals surface area contributed by atoms with Gasteiger partial charge in [-0.25, -0.2) is 4.79 Å². The molecule has 126 valence electrons. The molecule has 1 aliphatic rings. The summed E-state index contributed by atoms with van der Waals surface area (Å²) in [5, 5.41) is 0. The molecule has 1 saturated heterocycles. The van der Waals surface area contributed by atoms with E-state index in [2.05, 4.69) is 0 Å². The molecule has 1 fully saturated rings. The van der Waals surface area contributed by atoms with Crippen LogP contribution in [-0.4, -0.2) is 34.2 Å². The summed E-state index contributed by atoms with van der Waals surface area (Å²) in [6, 6.07) is 9.13. The minimum atomic E-state index is -0.883. The van der Waals surface area contributed by atoms with Crippen LogP contribution >= 0.6 is 12.2 Å². The molecule has 0 unspecified atom stereocenters. The highest BCUT2D eigenvalue weighted by atomic mass is 32.1. The van der Waals surface area contributed by atoms with Crippen molar-refractivity contribution in [2.45, 2.75) is 58.3 Å². The van der Waals surface area contributed by atoms with Crippen LogP contribution in [0, 0.1) is 0 Å². The van der Waals surface area contributed by atoms with Crippen LogP contribution in [0.25, 0.3) is 0 Å². The van der Waals surface area contributed by atoms with E-state index in [1.54, 1.807) is 18.7 Å². The number of rotatable bonds is 3. The lowest BCUT2D eigenvalue weighted by Crippen LogP contribution is -2.47. The number of carbonyl (C=O) groups is 1. The second kappa shape index (κ2) is 6.45. The van der Waals surface area contributed by atoms with Crippen molar-refractivity contribution in [3.8, 4) is 0 Å². The maximum absolute atomic E-state index is 12.7. The van der Waals surface area contributed by atoms with Crippen LogP contribution in [0.3, 0.4) is 0 Å². The molecule has 1 aromatic carbocycles. The average Bonchev–Trinajstić information content (AvgIpc) is 2.69. The Morgan fingerprint density at radius 2 is 1.91 bits per heavy atom. The standard InChI is InChI=1S/C17H23NO4S/c1-16(2,3)22-15(19)18-13(12-9-7-6-8-10-12)14(20-11-23)21-17(18,4)5/h6-11,13-14H,1-5H3/t13-,14-/m0/s1. The zero-order chi connectivity index (χ0) is 17.3. The minimum absolute atomic E-state index is 0.444. The molecular formula is C17H23NO4S. The van der Waals surface area contributed by atoms with Crippen LogP contribution in [0.4, 0.5) is 4.79 Å². The topological polar surface area (TPSA) is 48.0 Å². The summed E-state index contributed by atoms with van der Waals surface area (Å²) < 4.78 is 16.9. The quantitative estimate of drug-likeness (QED) is 0.779. The first-order valence-electron chi connectivity index (χ1n) is 7.50. The fraction of sp³-hybridized carbons (Fsp3) is 0.529. The second-order valence-corrected chi connectivity index (χ2v) is 7.06. The lowest BCUT2D eigenvalue weighted by molar-refractivity contribution is -0.132. The van der Waals surface area contributed by atoms with Gasteiger partial charge in [-0.1, -0.05) is 30.3 Å². The molecule has 0 spiro atoms. The predicted molar refractivity (Wildman–Crippen MR) is 90.9 cm³/mol. The second-order valence-electron chi connectivity index (χ2n) is 6.87.